The van der Waals surface area contributed by atoms with Gasteiger partial charge in [-0.1, -0.05) is 12.1 Å². The Balaban J connectivity index is 0.00000196. The highest BCUT2D eigenvalue weighted by Gasteiger charge is 2.07. The van der Waals surface area contributed by atoms with E-state index >= 15 is 0 Å². The van der Waals surface area contributed by atoms with E-state index in [1.165, 1.54) is 6.07 Å². The van der Waals surface area contributed by atoms with Crippen molar-refractivity contribution >= 4 is 12.4 Å². The minimum absolute atomic E-state index is 0. The Kier molecular flexibility index (Phi) is 5.92. The van der Waals surface area contributed by atoms with Crippen LogP contribution in [0.25, 0.3) is 0 Å². The third kappa shape index (κ3) is 3.86. The van der Waals surface area contributed by atoms with Crippen LogP contribution < -0.4 is 5.73 Å². The molecule has 1 atom stereocenters. The highest BCUT2D eigenvalue weighted by atomic mass is 35.5. The molecule has 1 aromatic carbocycles. The first-order valence-corrected chi connectivity index (χ1v) is 4.54. The highest BCUT2D eigenvalue weighted by Crippen LogP contribution is 2.14. The van der Waals surface area contributed by atoms with Crippen LogP contribution in [0.2, 0.25) is 0 Å². The van der Waals surface area contributed by atoms with E-state index in [-0.39, 0.29) is 24.1 Å². The second kappa shape index (κ2) is 6.39. The van der Waals surface area contributed by atoms with Crippen molar-refractivity contribution in [1.82, 2.24) is 0 Å². The summed E-state index contributed by atoms with van der Waals surface area (Å²) >= 11 is 0. The van der Waals surface area contributed by atoms with Gasteiger partial charge in [-0.25, -0.2) is 4.39 Å². The molecule has 4 heteroatoms. The van der Waals surface area contributed by atoms with Gasteiger partial charge in [0.1, 0.15) is 5.82 Å². The van der Waals surface area contributed by atoms with Crippen LogP contribution in [-0.2, 0) is 13.0 Å². The molecule has 0 aliphatic heterocycles. The maximum Gasteiger partial charge on any atom is 0.126 e. The Morgan fingerprint density at radius 2 is 2.20 bits per heavy atom. The topological polar surface area (TPSA) is 49.8 Å². The molecule has 0 aliphatic carbocycles. The molecule has 0 aromatic heterocycles. The van der Waals surface area contributed by atoms with E-state index in [1.54, 1.807) is 19.1 Å². The van der Waals surface area contributed by atoms with E-state index in [0.29, 0.717) is 18.5 Å². The fourth-order valence-electron chi connectivity index (χ4n) is 1.26. The number of nitrogens with zero attached hydrogens (tertiary/aromatic N) is 1. The number of nitriles is 1. The molecule has 0 aliphatic rings. The zero-order valence-electron chi connectivity index (χ0n) is 8.53. The number of rotatable bonds is 3. The SMILES string of the molecule is CC(C#N)Cc1ccc(CN)cc1F.Cl. The van der Waals surface area contributed by atoms with E-state index < -0.39 is 0 Å². The Bertz CT molecular complexity index is 360. The van der Waals surface area contributed by atoms with Gasteiger partial charge >= 0.3 is 0 Å². The quantitative estimate of drug-likeness (QED) is 0.864. The molecular formula is C11H14ClFN2. The van der Waals surface area contributed by atoms with Gasteiger partial charge in [-0.05, 0) is 30.5 Å². The van der Waals surface area contributed by atoms with Gasteiger partial charge in [-0.3, -0.25) is 0 Å². The van der Waals surface area contributed by atoms with Crippen LogP contribution in [0.4, 0.5) is 4.39 Å². The van der Waals surface area contributed by atoms with E-state index in [2.05, 4.69) is 6.07 Å². The number of benzene rings is 1. The van der Waals surface area contributed by atoms with Crippen LogP contribution >= 0.6 is 12.4 Å². The van der Waals surface area contributed by atoms with Gasteiger partial charge < -0.3 is 5.73 Å². The predicted molar refractivity (Wildman–Crippen MR) is 60.0 cm³/mol. The molecule has 2 nitrogen and oxygen atoms in total. The van der Waals surface area contributed by atoms with Crippen molar-refractivity contribution < 1.29 is 4.39 Å². The lowest BCUT2D eigenvalue weighted by atomic mass is 10.0. The van der Waals surface area contributed by atoms with Crippen molar-refractivity contribution in [2.24, 2.45) is 11.7 Å². The summed E-state index contributed by atoms with van der Waals surface area (Å²) in [5, 5.41) is 8.60. The summed E-state index contributed by atoms with van der Waals surface area (Å²) in [7, 11) is 0. The van der Waals surface area contributed by atoms with Crippen molar-refractivity contribution in [2.75, 3.05) is 0 Å². The maximum absolute atomic E-state index is 13.4. The minimum atomic E-state index is -0.268. The van der Waals surface area contributed by atoms with Crippen molar-refractivity contribution in [3.63, 3.8) is 0 Å². The summed E-state index contributed by atoms with van der Waals surface area (Å²) in [6.07, 6.45) is 0.452. The van der Waals surface area contributed by atoms with Crippen LogP contribution in [0.15, 0.2) is 18.2 Å². The number of nitrogens with two attached hydrogens (primary N) is 1. The van der Waals surface area contributed by atoms with E-state index in [0.717, 1.165) is 5.56 Å². The molecule has 1 rings (SSSR count). The normalized spacial score (nSPS) is 11.3. The molecule has 0 radical (unpaired) electrons. The molecule has 2 N–H and O–H groups in total. The van der Waals surface area contributed by atoms with Crippen LogP contribution in [-0.4, -0.2) is 0 Å². The fraction of sp³-hybridized carbons (Fsp3) is 0.364. The molecule has 0 spiro atoms. The predicted octanol–water partition coefficient (Wildman–Crippen LogP) is 2.41. The van der Waals surface area contributed by atoms with Gasteiger partial charge in [-0.2, -0.15) is 5.26 Å². The lowest BCUT2D eigenvalue weighted by Crippen LogP contribution is -2.02. The Morgan fingerprint density at radius 3 is 2.67 bits per heavy atom. The van der Waals surface area contributed by atoms with Gasteiger partial charge in [-0.15, -0.1) is 12.4 Å². The molecule has 0 saturated carbocycles. The molecule has 15 heavy (non-hydrogen) atoms. The van der Waals surface area contributed by atoms with Crippen molar-refractivity contribution in [2.45, 2.75) is 19.9 Å². The molecule has 1 aromatic rings. The first-order valence-electron chi connectivity index (χ1n) is 4.54. The average molecular weight is 229 g/mol. The monoisotopic (exact) mass is 228 g/mol. The van der Waals surface area contributed by atoms with Crippen LogP contribution in [0.1, 0.15) is 18.1 Å². The summed E-state index contributed by atoms with van der Waals surface area (Å²) in [6.45, 7) is 2.11. The summed E-state index contributed by atoms with van der Waals surface area (Å²) < 4.78 is 13.4. The molecule has 0 amide bonds. The van der Waals surface area contributed by atoms with Gasteiger partial charge in [0.05, 0.1) is 6.07 Å². The number of halogens is 2. The third-order valence-electron chi connectivity index (χ3n) is 2.10. The summed E-state index contributed by atoms with van der Waals surface area (Å²) in [5.74, 6) is -0.428. The zero-order valence-corrected chi connectivity index (χ0v) is 9.35. The lowest BCUT2D eigenvalue weighted by molar-refractivity contribution is 0.592. The smallest absolute Gasteiger partial charge is 0.126 e. The molecule has 1 unspecified atom stereocenters. The van der Waals surface area contributed by atoms with Gasteiger partial charge in [0, 0.05) is 12.5 Å². The molecule has 0 saturated heterocycles. The van der Waals surface area contributed by atoms with E-state index in [9.17, 15) is 4.39 Å². The maximum atomic E-state index is 13.4. The van der Waals surface area contributed by atoms with Gasteiger partial charge in [0.15, 0.2) is 0 Å². The van der Waals surface area contributed by atoms with Crippen molar-refractivity contribution in [1.29, 1.82) is 5.26 Å². The largest absolute Gasteiger partial charge is 0.326 e. The van der Waals surface area contributed by atoms with Gasteiger partial charge in [0.2, 0.25) is 0 Å². The second-order valence-corrected chi connectivity index (χ2v) is 3.36. The first-order chi connectivity index (χ1) is 6.67. The Hall–Kier alpha value is -1.11. The molecule has 0 fully saturated rings. The standard InChI is InChI=1S/C11H13FN2.ClH/c1-8(6-13)4-10-3-2-9(7-14)5-11(10)12;/h2-3,5,8H,4,7,14H2,1H3;1H. The van der Waals surface area contributed by atoms with Gasteiger partial charge in [0.25, 0.3) is 0 Å². The fourth-order valence-corrected chi connectivity index (χ4v) is 1.26. The number of hydrogen-bond acceptors (Lipinski definition) is 2. The summed E-state index contributed by atoms with van der Waals surface area (Å²) in [4.78, 5) is 0. The Labute approximate surface area is 95.3 Å². The Morgan fingerprint density at radius 1 is 1.53 bits per heavy atom. The molecule has 0 bridgehead atoms. The highest BCUT2D eigenvalue weighted by molar-refractivity contribution is 5.85. The molecular weight excluding hydrogens is 215 g/mol. The summed E-state index contributed by atoms with van der Waals surface area (Å²) in [6, 6.07) is 7.00. The molecule has 82 valence electrons. The third-order valence-corrected chi connectivity index (χ3v) is 2.10. The van der Waals surface area contributed by atoms with Crippen LogP contribution in [0, 0.1) is 23.1 Å². The van der Waals surface area contributed by atoms with E-state index in [4.69, 9.17) is 11.0 Å². The zero-order chi connectivity index (χ0) is 10.6. The lowest BCUT2D eigenvalue weighted by Gasteiger charge is -2.05. The van der Waals surface area contributed by atoms with Crippen LogP contribution in [0.3, 0.4) is 0 Å². The second-order valence-electron chi connectivity index (χ2n) is 3.36. The van der Waals surface area contributed by atoms with Crippen molar-refractivity contribution in [3.05, 3.63) is 35.1 Å². The van der Waals surface area contributed by atoms with Crippen LogP contribution in [0.5, 0.6) is 0 Å². The van der Waals surface area contributed by atoms with E-state index in [1.807, 2.05) is 0 Å². The first kappa shape index (κ1) is 13.9. The number of hydrogen-bond donors (Lipinski definition) is 1. The molecule has 0 heterocycles. The summed E-state index contributed by atoms with van der Waals surface area (Å²) in [5.41, 5.74) is 6.73. The average Bonchev–Trinajstić information content (AvgIpc) is 2.20. The van der Waals surface area contributed by atoms with Crippen molar-refractivity contribution in [3.8, 4) is 6.07 Å². The minimum Gasteiger partial charge on any atom is -0.326 e.